The molecule has 1 amide bonds. The molecule has 0 saturated carbocycles. The van der Waals surface area contributed by atoms with E-state index in [1.165, 1.54) is 17.4 Å². The first kappa shape index (κ1) is 17.2. The average molecular weight is 374 g/mol. The number of amides is 1. The van der Waals surface area contributed by atoms with Crippen LogP contribution in [0.3, 0.4) is 0 Å². The van der Waals surface area contributed by atoms with E-state index in [0.29, 0.717) is 27.6 Å². The fourth-order valence-corrected chi connectivity index (χ4v) is 3.73. The lowest BCUT2D eigenvalue weighted by Crippen LogP contribution is -2.14. The van der Waals surface area contributed by atoms with Crippen molar-refractivity contribution in [3.63, 3.8) is 0 Å². The van der Waals surface area contributed by atoms with Gasteiger partial charge in [-0.15, -0.1) is 0 Å². The molecule has 6 nitrogen and oxygen atoms in total. The van der Waals surface area contributed by atoms with Gasteiger partial charge >= 0.3 is 0 Å². The Morgan fingerprint density at radius 1 is 1.40 bits per heavy atom. The van der Waals surface area contributed by atoms with Crippen molar-refractivity contribution < 1.29 is 4.79 Å². The number of nitrogen functional groups attached to an aromatic ring is 1. The highest BCUT2D eigenvalue weighted by molar-refractivity contribution is 7.08. The highest BCUT2D eigenvalue weighted by Gasteiger charge is 2.25. The number of halogens is 1. The van der Waals surface area contributed by atoms with E-state index in [4.69, 9.17) is 23.1 Å². The molecule has 0 atom stereocenters. The molecule has 0 aliphatic rings. The minimum Gasteiger partial charge on any atom is -0.384 e. The third-order valence-corrected chi connectivity index (χ3v) is 5.05. The van der Waals surface area contributed by atoms with Gasteiger partial charge in [0, 0.05) is 17.1 Å². The van der Waals surface area contributed by atoms with Crippen LogP contribution in [-0.4, -0.2) is 20.4 Å². The van der Waals surface area contributed by atoms with E-state index < -0.39 is 5.91 Å². The molecule has 0 radical (unpaired) electrons. The quantitative estimate of drug-likeness (QED) is 0.684. The average Bonchev–Trinajstić information content (AvgIpc) is 3.09. The summed E-state index contributed by atoms with van der Waals surface area (Å²) in [4.78, 5) is 20.6. The minimum atomic E-state index is -0.648. The summed E-state index contributed by atoms with van der Waals surface area (Å²) in [5.41, 5.74) is 15.0. The molecular weight excluding hydrogens is 358 g/mol. The normalized spacial score (nSPS) is 12.3. The summed E-state index contributed by atoms with van der Waals surface area (Å²) in [5, 5.41) is 4.83. The number of aromatic nitrogens is 3. The fourth-order valence-electron chi connectivity index (χ4n) is 2.71. The molecule has 0 aliphatic carbocycles. The number of nitrogens with two attached hydrogens (primary N) is 2. The van der Waals surface area contributed by atoms with Crippen molar-refractivity contribution in [2.24, 2.45) is 5.73 Å². The zero-order valence-corrected chi connectivity index (χ0v) is 15.3. The van der Waals surface area contributed by atoms with Crippen LogP contribution >= 0.6 is 22.9 Å². The predicted octanol–water partition coefficient (Wildman–Crippen LogP) is 3.43. The van der Waals surface area contributed by atoms with Crippen LogP contribution in [0.1, 0.15) is 27.3 Å². The van der Waals surface area contributed by atoms with Crippen molar-refractivity contribution in [2.75, 3.05) is 5.73 Å². The van der Waals surface area contributed by atoms with Gasteiger partial charge in [-0.1, -0.05) is 18.2 Å². The number of rotatable bonds is 4. The van der Waals surface area contributed by atoms with Crippen LogP contribution in [-0.2, 0) is 0 Å². The molecular formula is C17H16ClN5OS. The monoisotopic (exact) mass is 373 g/mol. The van der Waals surface area contributed by atoms with E-state index >= 15 is 0 Å². The number of thiophene rings is 1. The molecule has 25 heavy (non-hydrogen) atoms. The molecule has 3 aromatic rings. The summed E-state index contributed by atoms with van der Waals surface area (Å²) in [6.45, 7) is 7.47. The van der Waals surface area contributed by atoms with Gasteiger partial charge in [0.05, 0.1) is 21.7 Å². The Bertz CT molecular complexity index is 1050. The summed E-state index contributed by atoms with van der Waals surface area (Å²) in [6, 6.07) is 0. The lowest BCUT2D eigenvalue weighted by atomic mass is 10.1. The van der Waals surface area contributed by atoms with Crippen molar-refractivity contribution in [1.82, 2.24) is 14.5 Å². The summed E-state index contributed by atoms with van der Waals surface area (Å²) < 4.78 is 1.64. The van der Waals surface area contributed by atoms with Gasteiger partial charge in [-0.3, -0.25) is 9.36 Å². The molecule has 8 heteroatoms. The van der Waals surface area contributed by atoms with Crippen LogP contribution in [0, 0.1) is 13.8 Å². The SMILES string of the molecule is C=C/C(Cl)=C(\c1cscc1C)n1c(N)c(C(N)=O)c2cnc(C)nc21. The van der Waals surface area contributed by atoms with Crippen LogP contribution in [0.25, 0.3) is 16.7 Å². The van der Waals surface area contributed by atoms with E-state index in [-0.39, 0.29) is 11.4 Å². The molecule has 0 fully saturated rings. The molecule has 3 heterocycles. The molecule has 0 bridgehead atoms. The summed E-state index contributed by atoms with van der Waals surface area (Å²) >= 11 is 8.00. The Balaban J connectivity index is 2.50. The molecule has 0 aromatic carbocycles. The lowest BCUT2D eigenvalue weighted by molar-refractivity contribution is 0.100. The maximum absolute atomic E-state index is 12.0. The molecule has 0 aliphatic heterocycles. The van der Waals surface area contributed by atoms with E-state index in [9.17, 15) is 4.79 Å². The van der Waals surface area contributed by atoms with Gasteiger partial charge < -0.3 is 11.5 Å². The van der Waals surface area contributed by atoms with Crippen LogP contribution < -0.4 is 11.5 Å². The summed E-state index contributed by atoms with van der Waals surface area (Å²) in [6.07, 6.45) is 3.07. The van der Waals surface area contributed by atoms with E-state index in [2.05, 4.69) is 16.5 Å². The van der Waals surface area contributed by atoms with Gasteiger partial charge in [-0.2, -0.15) is 11.3 Å². The maximum atomic E-state index is 12.0. The van der Waals surface area contributed by atoms with Crippen molar-refractivity contribution in [3.05, 3.63) is 57.2 Å². The highest BCUT2D eigenvalue weighted by Crippen LogP contribution is 2.36. The highest BCUT2D eigenvalue weighted by atomic mass is 35.5. The Kier molecular flexibility index (Phi) is 4.36. The number of nitrogens with zero attached hydrogens (tertiary/aromatic N) is 3. The molecule has 0 spiro atoms. The van der Waals surface area contributed by atoms with Crippen LogP contribution in [0.5, 0.6) is 0 Å². The van der Waals surface area contributed by atoms with E-state index in [1.54, 1.807) is 17.7 Å². The van der Waals surface area contributed by atoms with Gasteiger partial charge in [0.2, 0.25) is 0 Å². The largest absolute Gasteiger partial charge is 0.384 e. The number of fused-ring (bicyclic) bond motifs is 1. The molecule has 0 unspecified atom stereocenters. The number of carbonyl (C=O) groups excluding carboxylic acids is 1. The number of primary amides is 1. The first-order valence-electron chi connectivity index (χ1n) is 7.35. The van der Waals surface area contributed by atoms with Crippen LogP contribution in [0.2, 0.25) is 0 Å². The Labute approximate surface area is 153 Å². The molecule has 4 N–H and O–H groups in total. The molecule has 3 aromatic heterocycles. The number of allylic oxidation sites excluding steroid dienone is 2. The molecule has 3 rings (SSSR count). The zero-order chi connectivity index (χ0) is 18.3. The van der Waals surface area contributed by atoms with E-state index in [0.717, 1.165) is 11.1 Å². The first-order chi connectivity index (χ1) is 11.9. The van der Waals surface area contributed by atoms with Crippen molar-refractivity contribution in [2.45, 2.75) is 13.8 Å². The van der Waals surface area contributed by atoms with Gasteiger partial charge in [0.15, 0.2) is 5.65 Å². The number of hydrogen-bond donors (Lipinski definition) is 2. The van der Waals surface area contributed by atoms with Gasteiger partial charge in [0.25, 0.3) is 5.91 Å². The van der Waals surface area contributed by atoms with E-state index in [1.807, 2.05) is 17.7 Å². The van der Waals surface area contributed by atoms with Gasteiger partial charge in [0.1, 0.15) is 11.6 Å². The number of carbonyl (C=O) groups is 1. The van der Waals surface area contributed by atoms with Crippen molar-refractivity contribution in [3.8, 4) is 0 Å². The Morgan fingerprint density at radius 3 is 2.68 bits per heavy atom. The predicted molar refractivity (Wildman–Crippen MR) is 103 cm³/mol. The summed E-state index contributed by atoms with van der Waals surface area (Å²) in [5.74, 6) is 0.0613. The Morgan fingerprint density at radius 2 is 2.12 bits per heavy atom. The van der Waals surface area contributed by atoms with Crippen LogP contribution in [0.15, 0.2) is 34.6 Å². The number of anilines is 1. The fraction of sp³-hybridized carbons (Fsp3) is 0.118. The number of aryl methyl sites for hydroxylation is 2. The molecule has 0 saturated heterocycles. The topological polar surface area (TPSA) is 99.8 Å². The smallest absolute Gasteiger partial charge is 0.253 e. The zero-order valence-electron chi connectivity index (χ0n) is 13.7. The third kappa shape index (κ3) is 2.71. The lowest BCUT2D eigenvalue weighted by Gasteiger charge is -2.14. The second kappa shape index (κ2) is 6.34. The standard InChI is InChI=1S/C17H16ClN5OS/c1-4-12(18)14(11-7-25-6-8(11)2)23-15(19)13(16(20)24)10-5-21-9(3)22-17(10)23/h4-7H,1,19H2,2-3H3,(H2,20,24)/b14-12-. The Hall–Kier alpha value is -2.64. The second-order valence-corrected chi connectivity index (χ2v) is 6.63. The second-order valence-electron chi connectivity index (χ2n) is 5.48. The molecule has 128 valence electrons. The van der Waals surface area contributed by atoms with Crippen molar-refractivity contribution in [1.29, 1.82) is 0 Å². The number of hydrogen-bond acceptors (Lipinski definition) is 5. The first-order valence-corrected chi connectivity index (χ1v) is 8.68. The van der Waals surface area contributed by atoms with Crippen molar-refractivity contribution >= 4 is 51.4 Å². The van der Waals surface area contributed by atoms with Crippen LogP contribution in [0.4, 0.5) is 5.82 Å². The summed E-state index contributed by atoms with van der Waals surface area (Å²) in [7, 11) is 0. The maximum Gasteiger partial charge on any atom is 0.253 e. The van der Waals surface area contributed by atoms with Gasteiger partial charge in [-0.25, -0.2) is 9.97 Å². The third-order valence-electron chi connectivity index (χ3n) is 3.85. The van der Waals surface area contributed by atoms with Gasteiger partial charge in [-0.05, 0) is 30.9 Å². The minimum absolute atomic E-state index is 0.169.